The fourth-order valence-corrected chi connectivity index (χ4v) is 3.06. The summed E-state index contributed by atoms with van der Waals surface area (Å²) >= 11 is 1.02. The van der Waals surface area contributed by atoms with Crippen LogP contribution in [0.5, 0.6) is 0 Å². The number of thioether (sulfide) groups is 1. The van der Waals surface area contributed by atoms with E-state index < -0.39 is 28.8 Å². The van der Waals surface area contributed by atoms with Gasteiger partial charge >= 0.3 is 11.4 Å². The number of aryl methyl sites for hydroxylation is 1. The third-order valence-corrected chi connectivity index (χ3v) is 4.40. The maximum atomic E-state index is 13.5. The smallest absolute Gasteiger partial charge is 0.267 e. The summed E-state index contributed by atoms with van der Waals surface area (Å²) in [5, 5.41) is 0.0620. The Morgan fingerprint density at radius 3 is 2.33 bits per heavy atom. The molecular weight excluding hydrogens is 381 g/mol. The molecule has 2 aromatic heterocycles. The molecule has 3 aromatic rings. The lowest BCUT2D eigenvalue weighted by atomic mass is 10.2. The molecule has 0 saturated heterocycles. The van der Waals surface area contributed by atoms with E-state index in [4.69, 9.17) is 0 Å². The quantitative estimate of drug-likeness (QED) is 0.502. The highest BCUT2D eigenvalue weighted by Gasteiger charge is 2.17. The Kier molecular flexibility index (Phi) is 5.17. The average Bonchev–Trinajstić information content (AvgIpc) is 2.62. The second-order valence-electron chi connectivity index (χ2n) is 5.68. The Bertz CT molecular complexity index is 1120. The molecule has 140 valence electrons. The van der Waals surface area contributed by atoms with Gasteiger partial charge in [-0.2, -0.15) is 4.98 Å². The minimum atomic E-state index is -1.59. The summed E-state index contributed by atoms with van der Waals surface area (Å²) in [4.78, 5) is 33.0. The fourth-order valence-electron chi connectivity index (χ4n) is 2.53. The lowest BCUT2D eigenvalue weighted by Gasteiger charge is -2.13. The number of nitrogens with zero attached hydrogens (tertiary/aromatic N) is 4. The zero-order valence-corrected chi connectivity index (χ0v) is 15.1. The van der Waals surface area contributed by atoms with Gasteiger partial charge in [0.1, 0.15) is 0 Å². The normalized spacial score (nSPS) is 11.0. The van der Waals surface area contributed by atoms with Crippen molar-refractivity contribution in [3.8, 4) is 5.69 Å². The molecule has 0 saturated carbocycles. The molecule has 0 radical (unpaired) electrons. The molecule has 2 heterocycles. The molecule has 0 N–H and O–H groups in total. The highest BCUT2D eigenvalue weighted by atomic mass is 32.2. The van der Waals surface area contributed by atoms with Gasteiger partial charge < -0.3 is 0 Å². The van der Waals surface area contributed by atoms with Crippen molar-refractivity contribution in [2.45, 2.75) is 18.6 Å². The van der Waals surface area contributed by atoms with Gasteiger partial charge in [0.15, 0.2) is 22.6 Å². The second-order valence-corrected chi connectivity index (χ2v) is 6.45. The first kappa shape index (κ1) is 18.9. The number of aromatic nitrogens is 4. The van der Waals surface area contributed by atoms with E-state index in [0.29, 0.717) is 0 Å². The Morgan fingerprint density at radius 2 is 1.74 bits per heavy atom. The predicted octanol–water partition coefficient (Wildman–Crippen LogP) is 2.29. The van der Waals surface area contributed by atoms with E-state index in [2.05, 4.69) is 9.97 Å². The van der Waals surface area contributed by atoms with E-state index in [1.54, 1.807) is 25.4 Å². The summed E-state index contributed by atoms with van der Waals surface area (Å²) < 4.78 is 42.0. The van der Waals surface area contributed by atoms with E-state index in [1.807, 2.05) is 0 Å². The van der Waals surface area contributed by atoms with Crippen LogP contribution in [-0.2, 0) is 6.54 Å². The maximum Gasteiger partial charge on any atom is 0.358 e. The van der Waals surface area contributed by atoms with Crippen LogP contribution in [0.15, 0.2) is 45.3 Å². The van der Waals surface area contributed by atoms with E-state index in [1.165, 1.54) is 6.20 Å². The van der Waals surface area contributed by atoms with Crippen molar-refractivity contribution in [3.05, 3.63) is 80.1 Å². The van der Waals surface area contributed by atoms with E-state index in [-0.39, 0.29) is 23.0 Å². The summed E-state index contributed by atoms with van der Waals surface area (Å²) in [6, 6.07) is 3.16. The van der Waals surface area contributed by atoms with Crippen LogP contribution in [0.25, 0.3) is 5.69 Å². The molecule has 3 rings (SSSR count). The van der Waals surface area contributed by atoms with Gasteiger partial charge in [0.25, 0.3) is 0 Å². The van der Waals surface area contributed by atoms with Crippen molar-refractivity contribution < 1.29 is 13.2 Å². The van der Waals surface area contributed by atoms with Crippen LogP contribution < -0.4 is 11.4 Å². The van der Waals surface area contributed by atoms with Gasteiger partial charge in [-0.05, 0) is 42.5 Å². The third kappa shape index (κ3) is 3.65. The monoisotopic (exact) mass is 394 g/mol. The number of pyridine rings is 1. The molecule has 0 amide bonds. The number of rotatable bonds is 4. The molecule has 0 aliphatic rings. The van der Waals surface area contributed by atoms with Crippen molar-refractivity contribution in [1.29, 1.82) is 0 Å². The van der Waals surface area contributed by atoms with Gasteiger partial charge in [0, 0.05) is 6.20 Å². The summed E-state index contributed by atoms with van der Waals surface area (Å²) in [5.41, 5.74) is -0.600. The molecule has 0 atom stereocenters. The standard InChI is InChI=1S/C17H13F3N4O2S/c1-9-3-11(7-21-6-9)24-15(25)22-16(27-2)23(17(24)26)8-10-4-12(18)14(20)13(19)5-10/h3-7H,8H2,1-2H3. The van der Waals surface area contributed by atoms with Gasteiger partial charge in [-0.3, -0.25) is 9.55 Å². The lowest BCUT2D eigenvalue weighted by molar-refractivity contribution is 0.443. The minimum absolute atomic E-state index is 0.0122. The lowest BCUT2D eigenvalue weighted by Crippen LogP contribution is -2.41. The predicted molar refractivity (Wildman–Crippen MR) is 93.8 cm³/mol. The van der Waals surface area contributed by atoms with Crippen LogP contribution in [0.2, 0.25) is 0 Å². The summed E-state index contributed by atoms with van der Waals surface area (Å²) in [6.45, 7) is 1.45. The number of hydrogen-bond donors (Lipinski definition) is 0. The first-order valence-electron chi connectivity index (χ1n) is 7.65. The molecule has 0 bridgehead atoms. The highest BCUT2D eigenvalue weighted by molar-refractivity contribution is 7.98. The van der Waals surface area contributed by atoms with Crippen molar-refractivity contribution >= 4 is 11.8 Å². The Hall–Kier alpha value is -2.88. The maximum absolute atomic E-state index is 13.5. The molecule has 0 spiro atoms. The molecule has 0 aliphatic heterocycles. The minimum Gasteiger partial charge on any atom is -0.267 e. The highest BCUT2D eigenvalue weighted by Crippen LogP contribution is 2.16. The van der Waals surface area contributed by atoms with Crippen molar-refractivity contribution in [1.82, 2.24) is 19.1 Å². The SMILES string of the molecule is CSc1nc(=O)n(-c2cncc(C)c2)c(=O)n1Cc1cc(F)c(F)c(F)c1. The van der Waals surface area contributed by atoms with Crippen LogP contribution in [0.4, 0.5) is 13.2 Å². The van der Waals surface area contributed by atoms with Crippen LogP contribution in [-0.4, -0.2) is 25.4 Å². The molecule has 27 heavy (non-hydrogen) atoms. The van der Waals surface area contributed by atoms with Gasteiger partial charge in [-0.1, -0.05) is 11.8 Å². The second kappa shape index (κ2) is 7.39. The van der Waals surface area contributed by atoms with Gasteiger partial charge in [0.05, 0.1) is 18.4 Å². The number of hydrogen-bond acceptors (Lipinski definition) is 5. The number of halogens is 3. The van der Waals surface area contributed by atoms with Crippen molar-refractivity contribution in [2.75, 3.05) is 6.26 Å². The summed E-state index contributed by atoms with van der Waals surface area (Å²) in [7, 11) is 0. The summed E-state index contributed by atoms with van der Waals surface area (Å²) in [6.07, 6.45) is 4.49. The van der Waals surface area contributed by atoms with Crippen molar-refractivity contribution in [2.24, 2.45) is 0 Å². The Morgan fingerprint density at radius 1 is 1.07 bits per heavy atom. The van der Waals surface area contributed by atoms with Crippen molar-refractivity contribution in [3.63, 3.8) is 0 Å². The largest absolute Gasteiger partial charge is 0.358 e. The molecule has 0 aliphatic carbocycles. The average molecular weight is 394 g/mol. The Labute approximate surface area is 155 Å². The zero-order chi connectivity index (χ0) is 19.7. The summed E-state index contributed by atoms with van der Waals surface area (Å²) in [5.74, 6) is -4.33. The van der Waals surface area contributed by atoms with E-state index in [0.717, 1.165) is 38.6 Å². The number of benzene rings is 1. The Balaban J connectivity index is 2.19. The fraction of sp³-hybridized carbons (Fsp3) is 0.176. The van der Waals surface area contributed by atoms with Crippen LogP contribution in [0, 0.1) is 24.4 Å². The van der Waals surface area contributed by atoms with Crippen LogP contribution in [0.1, 0.15) is 11.1 Å². The first-order chi connectivity index (χ1) is 12.8. The van der Waals surface area contributed by atoms with Gasteiger partial charge in [-0.15, -0.1) is 0 Å². The molecular formula is C17H13F3N4O2S. The van der Waals surface area contributed by atoms with Crippen LogP contribution >= 0.6 is 11.8 Å². The van der Waals surface area contributed by atoms with Gasteiger partial charge in [0.2, 0.25) is 0 Å². The van der Waals surface area contributed by atoms with E-state index >= 15 is 0 Å². The van der Waals surface area contributed by atoms with Crippen LogP contribution in [0.3, 0.4) is 0 Å². The topological polar surface area (TPSA) is 69.8 Å². The van der Waals surface area contributed by atoms with E-state index in [9.17, 15) is 22.8 Å². The zero-order valence-electron chi connectivity index (χ0n) is 14.2. The van der Waals surface area contributed by atoms with Gasteiger partial charge in [-0.25, -0.2) is 27.3 Å². The molecule has 1 aromatic carbocycles. The molecule has 6 nitrogen and oxygen atoms in total. The molecule has 0 unspecified atom stereocenters. The molecule has 10 heteroatoms. The molecule has 0 fully saturated rings. The first-order valence-corrected chi connectivity index (χ1v) is 8.87. The third-order valence-electron chi connectivity index (χ3n) is 3.72.